The van der Waals surface area contributed by atoms with Crippen LogP contribution in [0, 0.1) is 0 Å². The van der Waals surface area contributed by atoms with Crippen LogP contribution >= 0.6 is 0 Å². The molecule has 12 aromatic carbocycles. The number of fused-ring (bicyclic) bond motifs is 3. The predicted octanol–water partition coefficient (Wildman–Crippen LogP) is 19.1. The summed E-state index contributed by atoms with van der Waals surface area (Å²) in [5, 5.41) is 4.98. The van der Waals surface area contributed by atoms with Crippen molar-refractivity contribution in [2.24, 2.45) is 0 Å². The lowest BCUT2D eigenvalue weighted by Crippen LogP contribution is -2.11. The Morgan fingerprint density at radius 1 is 0.188 bits per heavy atom. The Labute approximate surface area is 404 Å². The molecular weight excluding hydrogens is 831 g/mol. The van der Waals surface area contributed by atoms with Gasteiger partial charge in [0.1, 0.15) is 0 Å². The van der Waals surface area contributed by atoms with Gasteiger partial charge in [0.2, 0.25) is 0 Å². The molecule has 12 aromatic rings. The summed E-state index contributed by atoms with van der Waals surface area (Å²) in [6, 6.07) is 104. The highest BCUT2D eigenvalue weighted by Crippen LogP contribution is 2.49. The van der Waals surface area contributed by atoms with Crippen LogP contribution in [-0.2, 0) is 0 Å². The van der Waals surface area contributed by atoms with Crippen molar-refractivity contribution in [1.29, 1.82) is 0 Å². The van der Waals surface area contributed by atoms with E-state index in [4.69, 9.17) is 0 Å². The van der Waals surface area contributed by atoms with Crippen molar-refractivity contribution >= 4 is 38.6 Å². The van der Waals surface area contributed by atoms with Crippen LogP contribution < -0.4 is 4.90 Å². The van der Waals surface area contributed by atoms with Crippen LogP contribution in [0.2, 0.25) is 0 Å². The van der Waals surface area contributed by atoms with Crippen molar-refractivity contribution in [1.82, 2.24) is 0 Å². The molecule has 0 N–H and O–H groups in total. The highest BCUT2D eigenvalue weighted by molar-refractivity contribution is 6.25. The molecule has 0 heterocycles. The maximum absolute atomic E-state index is 2.43. The van der Waals surface area contributed by atoms with Gasteiger partial charge in [-0.05, 0) is 142 Å². The van der Waals surface area contributed by atoms with Gasteiger partial charge in [-0.15, -0.1) is 0 Å². The Morgan fingerprint density at radius 3 is 1.16 bits per heavy atom. The van der Waals surface area contributed by atoms with Crippen molar-refractivity contribution in [3.63, 3.8) is 0 Å². The molecule has 0 amide bonds. The zero-order valence-electron chi connectivity index (χ0n) is 38.1. The van der Waals surface area contributed by atoms with E-state index in [9.17, 15) is 0 Å². The van der Waals surface area contributed by atoms with Gasteiger partial charge >= 0.3 is 0 Å². The van der Waals surface area contributed by atoms with Crippen LogP contribution in [0.25, 0.3) is 99.4 Å². The smallest absolute Gasteiger partial charge is 0.0473 e. The molecule has 0 atom stereocenters. The van der Waals surface area contributed by atoms with Crippen LogP contribution in [0.5, 0.6) is 0 Å². The first-order valence-electron chi connectivity index (χ1n) is 23.7. The molecule has 0 spiro atoms. The van der Waals surface area contributed by atoms with Gasteiger partial charge in [0, 0.05) is 17.1 Å². The Hall–Kier alpha value is -9.04. The first kappa shape index (κ1) is 41.4. The van der Waals surface area contributed by atoms with Crippen LogP contribution in [-0.4, -0.2) is 0 Å². The van der Waals surface area contributed by atoms with E-state index in [0.717, 1.165) is 33.8 Å². The third-order valence-electron chi connectivity index (χ3n) is 13.4. The highest BCUT2D eigenvalue weighted by atomic mass is 15.1. The number of rotatable bonds is 10. The van der Waals surface area contributed by atoms with E-state index < -0.39 is 0 Å². The van der Waals surface area contributed by atoms with Crippen LogP contribution in [0.1, 0.15) is 0 Å². The Bertz CT molecular complexity index is 3660. The summed E-state index contributed by atoms with van der Waals surface area (Å²) < 4.78 is 0. The van der Waals surface area contributed by atoms with Crippen molar-refractivity contribution in [3.8, 4) is 77.9 Å². The summed E-state index contributed by atoms with van der Waals surface area (Å²) in [5.41, 5.74) is 19.8. The van der Waals surface area contributed by atoms with E-state index in [0.29, 0.717) is 0 Å². The molecule has 69 heavy (non-hydrogen) atoms. The first-order chi connectivity index (χ1) is 34.2. The zero-order chi connectivity index (χ0) is 45.9. The van der Waals surface area contributed by atoms with Gasteiger partial charge in [-0.2, -0.15) is 0 Å². The minimum absolute atomic E-state index is 1.06. The lowest BCUT2D eigenvalue weighted by Gasteiger charge is -2.28. The molecule has 0 bridgehead atoms. The molecule has 12 rings (SSSR count). The Morgan fingerprint density at radius 2 is 0.609 bits per heavy atom. The molecule has 1 heteroatoms. The summed E-state index contributed by atoms with van der Waals surface area (Å²) >= 11 is 0. The average Bonchev–Trinajstić information content (AvgIpc) is 3.44. The minimum Gasteiger partial charge on any atom is -0.310 e. The maximum Gasteiger partial charge on any atom is 0.0473 e. The standard InChI is InChI=1S/C68H47N/c1-7-22-48(23-8-1)55-44-56(49-24-9-2-10-25-49)46-59(45-55)69(58-42-43-60(50-26-11-3-12-27-50)65(47-58)51-28-13-4-14-29-51)57-40-38-52(39-41-57)61-36-21-37-64-62-34-19-20-35-63(62)66(53-30-15-5-16-31-53)67(68(61)64)54-32-17-6-18-33-54/h1-47H. The minimum atomic E-state index is 1.06. The number of hydrogen-bond donors (Lipinski definition) is 0. The van der Waals surface area contributed by atoms with E-state index >= 15 is 0 Å². The molecule has 0 aliphatic rings. The van der Waals surface area contributed by atoms with E-state index in [-0.39, 0.29) is 0 Å². The third kappa shape index (κ3) is 7.97. The Kier molecular flexibility index (Phi) is 11.0. The summed E-state index contributed by atoms with van der Waals surface area (Å²) in [5.74, 6) is 0. The fraction of sp³-hybridized carbons (Fsp3) is 0. The van der Waals surface area contributed by atoms with Gasteiger partial charge in [0.05, 0.1) is 0 Å². The van der Waals surface area contributed by atoms with E-state index in [1.54, 1.807) is 0 Å². The van der Waals surface area contributed by atoms with E-state index in [2.05, 4.69) is 290 Å². The molecule has 0 radical (unpaired) electrons. The molecule has 0 saturated carbocycles. The lowest BCUT2D eigenvalue weighted by molar-refractivity contribution is 1.28. The van der Waals surface area contributed by atoms with Crippen molar-refractivity contribution < 1.29 is 0 Å². The van der Waals surface area contributed by atoms with Crippen LogP contribution in [0.15, 0.2) is 285 Å². The maximum atomic E-state index is 2.43. The molecule has 0 aliphatic carbocycles. The molecule has 0 fully saturated rings. The third-order valence-corrected chi connectivity index (χ3v) is 13.4. The molecule has 0 unspecified atom stereocenters. The number of nitrogens with zero attached hydrogens (tertiary/aromatic N) is 1. The highest BCUT2D eigenvalue weighted by Gasteiger charge is 2.22. The summed E-state index contributed by atoms with van der Waals surface area (Å²) in [7, 11) is 0. The largest absolute Gasteiger partial charge is 0.310 e. The van der Waals surface area contributed by atoms with Crippen molar-refractivity contribution in [2.75, 3.05) is 4.90 Å². The zero-order valence-corrected chi connectivity index (χ0v) is 38.1. The van der Waals surface area contributed by atoms with Gasteiger partial charge in [0.25, 0.3) is 0 Å². The SMILES string of the molecule is c1ccc(-c2cc(-c3ccccc3)cc(N(c3ccc(-c4cccc5c4c(-c4ccccc4)c(-c4ccccc4)c4ccccc45)cc3)c3ccc(-c4ccccc4)c(-c4ccccc4)c3)c2)cc1. The van der Waals surface area contributed by atoms with Gasteiger partial charge in [-0.25, -0.2) is 0 Å². The fourth-order valence-corrected chi connectivity index (χ4v) is 10.2. The average molecular weight is 878 g/mol. The van der Waals surface area contributed by atoms with Crippen molar-refractivity contribution in [3.05, 3.63) is 285 Å². The van der Waals surface area contributed by atoms with Crippen LogP contribution in [0.3, 0.4) is 0 Å². The van der Waals surface area contributed by atoms with E-state index in [1.165, 1.54) is 82.7 Å². The molecule has 324 valence electrons. The fourth-order valence-electron chi connectivity index (χ4n) is 10.2. The van der Waals surface area contributed by atoms with E-state index in [1.807, 2.05) is 0 Å². The normalized spacial score (nSPS) is 11.2. The van der Waals surface area contributed by atoms with Gasteiger partial charge in [0.15, 0.2) is 0 Å². The van der Waals surface area contributed by atoms with Gasteiger partial charge in [-0.3, -0.25) is 0 Å². The summed E-state index contributed by atoms with van der Waals surface area (Å²) in [6.07, 6.45) is 0. The molecule has 0 aliphatic heterocycles. The Balaban J connectivity index is 1.09. The number of hydrogen-bond acceptors (Lipinski definition) is 1. The van der Waals surface area contributed by atoms with Crippen LogP contribution in [0.4, 0.5) is 17.1 Å². The lowest BCUT2D eigenvalue weighted by atomic mass is 9.82. The monoisotopic (exact) mass is 877 g/mol. The summed E-state index contributed by atoms with van der Waals surface area (Å²) in [6.45, 7) is 0. The second-order valence-corrected chi connectivity index (χ2v) is 17.6. The second kappa shape index (κ2) is 18.3. The molecular formula is C68H47N. The molecule has 0 aromatic heterocycles. The molecule has 1 nitrogen and oxygen atoms in total. The first-order valence-corrected chi connectivity index (χ1v) is 23.7. The molecule has 0 saturated heterocycles. The van der Waals surface area contributed by atoms with Gasteiger partial charge < -0.3 is 4.90 Å². The predicted molar refractivity (Wildman–Crippen MR) is 294 cm³/mol. The second-order valence-electron chi connectivity index (χ2n) is 17.6. The number of benzene rings is 12. The van der Waals surface area contributed by atoms with Crippen molar-refractivity contribution in [2.45, 2.75) is 0 Å². The summed E-state index contributed by atoms with van der Waals surface area (Å²) in [4.78, 5) is 2.43. The topological polar surface area (TPSA) is 3.24 Å². The quantitative estimate of drug-likeness (QED) is 0.124. The number of anilines is 3. The van der Waals surface area contributed by atoms with Gasteiger partial charge in [-0.1, -0.05) is 243 Å².